The second-order valence-electron chi connectivity index (χ2n) is 5.30. The number of carbonyl (C=O) groups excluding carboxylic acids is 1. The Morgan fingerprint density at radius 3 is 2.25 bits per heavy atom. The molecule has 0 radical (unpaired) electrons. The fourth-order valence-electron chi connectivity index (χ4n) is 2.41. The number of hydrogen-bond donors (Lipinski definition) is 1. The Bertz CT molecular complexity index is 1070. The summed E-state index contributed by atoms with van der Waals surface area (Å²) < 4.78 is 28.4. The van der Waals surface area contributed by atoms with Gasteiger partial charge in [0.15, 0.2) is 0 Å². The van der Waals surface area contributed by atoms with Crippen LogP contribution in [0.5, 0.6) is 0 Å². The molecule has 0 unspecified atom stereocenters. The zero-order chi connectivity index (χ0) is 17.6. The number of carbonyl (C=O) groups is 1. The average Bonchev–Trinajstić information content (AvgIpc) is 2.87. The Hall–Kier alpha value is -1.64. The molecule has 24 heavy (non-hydrogen) atoms. The number of halogens is 2. The van der Waals surface area contributed by atoms with Crippen LogP contribution in [-0.2, 0) is 10.0 Å². The lowest BCUT2D eigenvalue weighted by Crippen LogP contribution is -2.13. The van der Waals surface area contributed by atoms with Crippen LogP contribution in [0.3, 0.4) is 0 Å². The van der Waals surface area contributed by atoms with Gasteiger partial charge in [0, 0.05) is 20.5 Å². The Kier molecular flexibility index (Phi) is 4.31. The third-order valence-electron chi connectivity index (χ3n) is 3.66. The molecule has 1 aromatic heterocycles. The molecule has 0 saturated heterocycles. The third kappa shape index (κ3) is 2.78. The molecule has 124 valence electrons. The van der Waals surface area contributed by atoms with E-state index in [2.05, 4.69) is 31.9 Å². The van der Waals surface area contributed by atoms with Gasteiger partial charge in [-0.1, -0.05) is 17.7 Å². The molecule has 0 fully saturated rings. The van der Waals surface area contributed by atoms with Crippen molar-refractivity contribution in [3.63, 3.8) is 0 Å². The van der Waals surface area contributed by atoms with Crippen LogP contribution in [0.15, 0.2) is 56.4 Å². The second-order valence-corrected chi connectivity index (χ2v) is 8.83. The fraction of sp³-hybridized carbons (Fsp3) is 0.0625. The molecule has 1 amide bonds. The van der Waals surface area contributed by atoms with Gasteiger partial charge >= 0.3 is 0 Å². The quantitative estimate of drug-likeness (QED) is 0.630. The average molecular weight is 472 g/mol. The summed E-state index contributed by atoms with van der Waals surface area (Å²) in [5.74, 6) is -0.688. The van der Waals surface area contributed by atoms with Crippen LogP contribution in [0.25, 0.3) is 10.9 Å². The second kappa shape index (κ2) is 6.02. The highest BCUT2D eigenvalue weighted by Gasteiger charge is 2.23. The largest absolute Gasteiger partial charge is 0.366 e. The standard InChI is InChI=1S/C16H12Br2N2O3S/c1-9-2-4-10(5-3-9)24(22,23)20-8-12(16(19)21)11-6-13(17)14(18)7-15(11)20/h2-8H,1H3,(H2,19,21). The first-order chi connectivity index (χ1) is 11.2. The topological polar surface area (TPSA) is 82.2 Å². The van der Waals surface area contributed by atoms with E-state index < -0.39 is 15.9 Å². The minimum atomic E-state index is -3.85. The molecule has 3 rings (SSSR count). The first-order valence-corrected chi connectivity index (χ1v) is 9.86. The van der Waals surface area contributed by atoms with Crippen molar-refractivity contribution in [3.8, 4) is 0 Å². The number of rotatable bonds is 3. The van der Waals surface area contributed by atoms with Crippen LogP contribution in [0.2, 0.25) is 0 Å². The highest BCUT2D eigenvalue weighted by molar-refractivity contribution is 9.13. The Balaban J connectivity index is 2.35. The third-order valence-corrected chi connectivity index (χ3v) is 7.19. The lowest BCUT2D eigenvalue weighted by Gasteiger charge is -2.08. The van der Waals surface area contributed by atoms with Crippen LogP contribution in [0, 0.1) is 6.92 Å². The molecule has 5 nitrogen and oxygen atoms in total. The molecule has 8 heteroatoms. The Labute approximate surface area is 155 Å². The maximum Gasteiger partial charge on any atom is 0.268 e. The normalized spacial score (nSPS) is 11.8. The summed E-state index contributed by atoms with van der Waals surface area (Å²) in [6, 6.07) is 9.82. The summed E-state index contributed by atoms with van der Waals surface area (Å²) in [6.07, 6.45) is 1.26. The summed E-state index contributed by atoms with van der Waals surface area (Å²) in [5.41, 5.74) is 6.89. The number of aromatic nitrogens is 1. The highest BCUT2D eigenvalue weighted by atomic mass is 79.9. The lowest BCUT2D eigenvalue weighted by molar-refractivity contribution is 0.100. The fourth-order valence-corrected chi connectivity index (χ4v) is 4.45. The van der Waals surface area contributed by atoms with E-state index in [9.17, 15) is 13.2 Å². The first kappa shape index (κ1) is 17.2. The van der Waals surface area contributed by atoms with Gasteiger partial charge in [-0.15, -0.1) is 0 Å². The molecular weight excluding hydrogens is 460 g/mol. The van der Waals surface area contributed by atoms with Gasteiger partial charge in [-0.05, 0) is 63.0 Å². The molecule has 2 aromatic carbocycles. The van der Waals surface area contributed by atoms with Crippen LogP contribution in [0.4, 0.5) is 0 Å². The minimum absolute atomic E-state index is 0.139. The van der Waals surface area contributed by atoms with E-state index in [1.807, 2.05) is 6.92 Å². The molecular formula is C16H12Br2N2O3S. The van der Waals surface area contributed by atoms with Gasteiger partial charge < -0.3 is 5.73 Å². The van der Waals surface area contributed by atoms with Crippen LogP contribution >= 0.6 is 31.9 Å². The summed E-state index contributed by atoms with van der Waals surface area (Å²) >= 11 is 6.71. The lowest BCUT2D eigenvalue weighted by atomic mass is 10.2. The van der Waals surface area contributed by atoms with Gasteiger partial charge in [0.2, 0.25) is 0 Å². The monoisotopic (exact) mass is 470 g/mol. The molecule has 1 heterocycles. The smallest absolute Gasteiger partial charge is 0.268 e. The Morgan fingerprint density at radius 2 is 1.67 bits per heavy atom. The number of benzene rings is 2. The molecule has 0 atom stereocenters. The maximum absolute atomic E-state index is 13.0. The molecule has 0 aliphatic heterocycles. The van der Waals surface area contributed by atoms with E-state index in [0.717, 1.165) is 9.54 Å². The van der Waals surface area contributed by atoms with Crippen molar-refractivity contribution in [1.82, 2.24) is 3.97 Å². The van der Waals surface area contributed by atoms with Crippen molar-refractivity contribution < 1.29 is 13.2 Å². The van der Waals surface area contributed by atoms with Crippen molar-refractivity contribution in [1.29, 1.82) is 0 Å². The molecule has 2 N–H and O–H groups in total. The van der Waals surface area contributed by atoms with E-state index in [0.29, 0.717) is 19.8 Å². The first-order valence-electron chi connectivity index (χ1n) is 6.84. The van der Waals surface area contributed by atoms with Crippen LogP contribution in [0.1, 0.15) is 15.9 Å². The number of hydrogen-bond acceptors (Lipinski definition) is 3. The number of fused-ring (bicyclic) bond motifs is 1. The van der Waals surface area contributed by atoms with Crippen molar-refractivity contribution in [3.05, 3.63) is 62.7 Å². The number of aryl methyl sites for hydroxylation is 1. The van der Waals surface area contributed by atoms with E-state index in [4.69, 9.17) is 5.73 Å². The molecule has 0 aliphatic carbocycles. The number of nitrogens with zero attached hydrogens (tertiary/aromatic N) is 1. The predicted molar refractivity (Wildman–Crippen MR) is 99.6 cm³/mol. The van der Waals surface area contributed by atoms with Crippen molar-refractivity contribution >= 4 is 58.7 Å². The maximum atomic E-state index is 13.0. The summed E-state index contributed by atoms with van der Waals surface area (Å²) in [5, 5.41) is 0.466. The molecule has 0 saturated carbocycles. The van der Waals surface area contributed by atoms with E-state index in [1.54, 1.807) is 24.3 Å². The van der Waals surface area contributed by atoms with Crippen LogP contribution in [-0.4, -0.2) is 18.3 Å². The molecule has 0 bridgehead atoms. The van der Waals surface area contributed by atoms with E-state index >= 15 is 0 Å². The molecule has 0 spiro atoms. The van der Waals surface area contributed by atoms with Crippen molar-refractivity contribution in [2.45, 2.75) is 11.8 Å². The zero-order valence-electron chi connectivity index (χ0n) is 12.5. The molecule has 0 aliphatic rings. The van der Waals surface area contributed by atoms with E-state index in [1.165, 1.54) is 18.3 Å². The van der Waals surface area contributed by atoms with Crippen molar-refractivity contribution in [2.24, 2.45) is 5.73 Å². The zero-order valence-corrected chi connectivity index (χ0v) is 16.4. The number of primary amides is 1. The Morgan fingerprint density at radius 1 is 1.08 bits per heavy atom. The SMILES string of the molecule is Cc1ccc(S(=O)(=O)n2cc(C(N)=O)c3cc(Br)c(Br)cc32)cc1. The van der Waals surface area contributed by atoms with Gasteiger partial charge in [0.1, 0.15) is 0 Å². The minimum Gasteiger partial charge on any atom is -0.366 e. The highest BCUT2D eigenvalue weighted by Crippen LogP contribution is 2.33. The molecule has 3 aromatic rings. The van der Waals surface area contributed by atoms with Gasteiger partial charge in [-0.2, -0.15) is 0 Å². The van der Waals surface area contributed by atoms with Crippen LogP contribution < -0.4 is 5.73 Å². The van der Waals surface area contributed by atoms with E-state index in [-0.39, 0.29) is 10.5 Å². The number of amides is 1. The number of nitrogens with two attached hydrogens (primary N) is 1. The van der Waals surface area contributed by atoms with Gasteiger partial charge in [0.25, 0.3) is 15.9 Å². The van der Waals surface area contributed by atoms with Gasteiger partial charge in [-0.25, -0.2) is 12.4 Å². The van der Waals surface area contributed by atoms with Crippen molar-refractivity contribution in [2.75, 3.05) is 0 Å². The summed E-state index contributed by atoms with van der Waals surface area (Å²) in [6.45, 7) is 1.88. The summed E-state index contributed by atoms with van der Waals surface area (Å²) in [4.78, 5) is 11.9. The predicted octanol–water partition coefficient (Wildman–Crippen LogP) is 3.81. The van der Waals surface area contributed by atoms with Gasteiger partial charge in [0.05, 0.1) is 16.0 Å². The summed E-state index contributed by atoms with van der Waals surface area (Å²) in [7, 11) is -3.85. The van der Waals surface area contributed by atoms with Gasteiger partial charge in [-0.3, -0.25) is 4.79 Å².